The second kappa shape index (κ2) is 4.72. The molecule has 0 bridgehead atoms. The van der Waals surface area contributed by atoms with Crippen LogP contribution in [0.25, 0.3) is 0 Å². The van der Waals surface area contributed by atoms with Crippen LogP contribution in [0.1, 0.15) is 15.9 Å². The van der Waals surface area contributed by atoms with E-state index in [9.17, 15) is 4.79 Å². The number of nitriles is 1. The highest BCUT2D eigenvalue weighted by molar-refractivity contribution is 5.95. The van der Waals surface area contributed by atoms with Crippen molar-refractivity contribution in [2.75, 3.05) is 0 Å². The van der Waals surface area contributed by atoms with E-state index in [2.05, 4.69) is 23.5 Å². The number of rotatable bonds is 3. The van der Waals surface area contributed by atoms with Crippen LogP contribution in [0.3, 0.4) is 0 Å². The second-order valence-corrected chi connectivity index (χ2v) is 2.76. The van der Waals surface area contributed by atoms with Gasteiger partial charge in [-0.05, 0) is 12.1 Å². The molecule has 1 aromatic rings. The van der Waals surface area contributed by atoms with Gasteiger partial charge in [0.25, 0.3) is 5.91 Å². The minimum atomic E-state index is -0.357. The van der Waals surface area contributed by atoms with Crippen LogP contribution in [0.5, 0.6) is 0 Å². The zero-order chi connectivity index (χ0) is 11.3. The fraction of sp³-hybridized carbons (Fsp3) is 0. The van der Waals surface area contributed by atoms with E-state index in [1.54, 1.807) is 0 Å². The van der Waals surface area contributed by atoms with Crippen molar-refractivity contribution in [3.8, 4) is 6.07 Å². The van der Waals surface area contributed by atoms with Crippen LogP contribution < -0.4 is 5.32 Å². The van der Waals surface area contributed by atoms with Crippen molar-refractivity contribution in [2.24, 2.45) is 0 Å². The highest BCUT2D eigenvalue weighted by Crippen LogP contribution is 2.02. The molecule has 0 aliphatic rings. The Bertz CT molecular complexity index is 457. The van der Waals surface area contributed by atoms with E-state index in [1.165, 1.54) is 24.5 Å². The number of hydrogen-bond donors (Lipinski definition) is 1. The molecule has 4 heteroatoms. The first-order valence-corrected chi connectivity index (χ1v) is 4.15. The number of pyridine rings is 1. The Morgan fingerprint density at radius 1 is 1.60 bits per heavy atom. The smallest absolute Gasteiger partial charge is 0.257 e. The molecule has 1 heterocycles. The molecule has 0 aliphatic carbocycles. The number of amides is 1. The van der Waals surface area contributed by atoms with Gasteiger partial charge in [0.15, 0.2) is 0 Å². The molecular weight excluding hydrogens is 190 g/mol. The average molecular weight is 199 g/mol. The topological polar surface area (TPSA) is 65.8 Å². The molecule has 15 heavy (non-hydrogen) atoms. The van der Waals surface area contributed by atoms with Crippen LogP contribution in [-0.2, 0) is 0 Å². The Kier molecular flexibility index (Phi) is 3.36. The summed E-state index contributed by atoms with van der Waals surface area (Å²) in [5.41, 5.74) is 1.06. The lowest BCUT2D eigenvalue weighted by Gasteiger charge is -2.03. The Hall–Kier alpha value is -2.41. The fourth-order valence-electron chi connectivity index (χ4n) is 0.894. The van der Waals surface area contributed by atoms with Crippen LogP contribution in [0, 0.1) is 11.3 Å². The van der Waals surface area contributed by atoms with E-state index < -0.39 is 0 Å². The first kappa shape index (κ1) is 10.7. The molecule has 1 N–H and O–H groups in total. The van der Waals surface area contributed by atoms with Gasteiger partial charge in [-0.2, -0.15) is 5.26 Å². The third-order valence-corrected chi connectivity index (χ3v) is 1.65. The van der Waals surface area contributed by atoms with Crippen LogP contribution in [-0.4, -0.2) is 10.9 Å². The van der Waals surface area contributed by atoms with Gasteiger partial charge in [0.1, 0.15) is 6.07 Å². The number of nitrogens with zero attached hydrogens (tertiary/aromatic N) is 2. The van der Waals surface area contributed by atoms with E-state index >= 15 is 0 Å². The van der Waals surface area contributed by atoms with E-state index in [0.29, 0.717) is 16.8 Å². The van der Waals surface area contributed by atoms with Gasteiger partial charge in [-0.1, -0.05) is 13.2 Å². The molecule has 0 saturated carbocycles. The van der Waals surface area contributed by atoms with Crippen LogP contribution in [0.2, 0.25) is 0 Å². The molecule has 0 aliphatic heterocycles. The molecule has 0 fully saturated rings. The van der Waals surface area contributed by atoms with E-state index in [0.717, 1.165) is 0 Å². The molecule has 0 unspecified atom stereocenters. The summed E-state index contributed by atoms with van der Waals surface area (Å²) >= 11 is 0. The highest BCUT2D eigenvalue weighted by atomic mass is 16.1. The molecule has 1 amide bonds. The van der Waals surface area contributed by atoms with Crippen molar-refractivity contribution in [2.45, 2.75) is 0 Å². The van der Waals surface area contributed by atoms with Gasteiger partial charge in [0.2, 0.25) is 0 Å². The normalized spacial score (nSPS) is 8.73. The number of carbonyl (C=O) groups excluding carboxylic acids is 1. The van der Waals surface area contributed by atoms with Gasteiger partial charge in [-0.25, -0.2) is 0 Å². The molecule has 0 atom stereocenters. The van der Waals surface area contributed by atoms with E-state index in [1.807, 2.05) is 6.07 Å². The Morgan fingerprint density at radius 3 is 2.93 bits per heavy atom. The molecule has 0 aromatic carbocycles. The largest absolute Gasteiger partial charge is 0.323 e. The minimum absolute atomic E-state index is 0.317. The Balaban J connectivity index is 2.87. The summed E-state index contributed by atoms with van der Waals surface area (Å²) in [4.78, 5) is 15.3. The number of hydrogen-bond acceptors (Lipinski definition) is 3. The van der Waals surface area contributed by atoms with Gasteiger partial charge < -0.3 is 5.32 Å². The Morgan fingerprint density at radius 2 is 2.33 bits per heavy atom. The van der Waals surface area contributed by atoms with Crippen molar-refractivity contribution < 1.29 is 4.79 Å². The van der Waals surface area contributed by atoms with Gasteiger partial charge >= 0.3 is 0 Å². The standard InChI is InChI=1S/C11H9N3O/c1-3-8(2)14-11(15)10-4-9(5-12)6-13-7-10/h3-4,6-7H,1-2H2,(H,14,15). The summed E-state index contributed by atoms with van der Waals surface area (Å²) in [7, 11) is 0. The van der Waals surface area contributed by atoms with Crippen molar-refractivity contribution in [1.82, 2.24) is 10.3 Å². The third kappa shape index (κ3) is 2.78. The quantitative estimate of drug-likeness (QED) is 0.748. The lowest BCUT2D eigenvalue weighted by atomic mass is 10.2. The molecule has 74 valence electrons. The first-order chi connectivity index (χ1) is 7.17. The highest BCUT2D eigenvalue weighted by Gasteiger charge is 2.06. The lowest BCUT2D eigenvalue weighted by molar-refractivity contribution is 0.0967. The maximum Gasteiger partial charge on any atom is 0.257 e. The minimum Gasteiger partial charge on any atom is -0.323 e. The maximum atomic E-state index is 11.5. The number of allylic oxidation sites excluding steroid dienone is 1. The molecule has 0 radical (unpaired) electrons. The predicted molar refractivity (Wildman–Crippen MR) is 55.8 cm³/mol. The van der Waals surface area contributed by atoms with Crippen molar-refractivity contribution >= 4 is 5.91 Å². The molecule has 4 nitrogen and oxygen atoms in total. The SMILES string of the molecule is C=CC(=C)NC(=O)c1cncc(C#N)c1. The number of nitrogens with one attached hydrogen (secondary N) is 1. The average Bonchev–Trinajstić information content (AvgIpc) is 2.28. The van der Waals surface area contributed by atoms with Crippen LogP contribution in [0.15, 0.2) is 43.4 Å². The fourth-order valence-corrected chi connectivity index (χ4v) is 0.894. The zero-order valence-electron chi connectivity index (χ0n) is 8.03. The summed E-state index contributed by atoms with van der Waals surface area (Å²) in [6.45, 7) is 7.00. The summed E-state index contributed by atoms with van der Waals surface area (Å²) in [5.74, 6) is -0.357. The van der Waals surface area contributed by atoms with Gasteiger partial charge in [-0.15, -0.1) is 0 Å². The van der Waals surface area contributed by atoms with Gasteiger partial charge in [-0.3, -0.25) is 9.78 Å². The Labute approximate surface area is 87.6 Å². The molecular formula is C11H9N3O. The summed E-state index contributed by atoms with van der Waals surface area (Å²) < 4.78 is 0. The van der Waals surface area contributed by atoms with Crippen LogP contribution in [0.4, 0.5) is 0 Å². The van der Waals surface area contributed by atoms with Gasteiger partial charge in [0, 0.05) is 18.1 Å². The number of carbonyl (C=O) groups is 1. The number of aromatic nitrogens is 1. The van der Waals surface area contributed by atoms with Crippen LogP contribution >= 0.6 is 0 Å². The van der Waals surface area contributed by atoms with Gasteiger partial charge in [0.05, 0.1) is 11.1 Å². The summed E-state index contributed by atoms with van der Waals surface area (Å²) in [5, 5.41) is 11.1. The summed E-state index contributed by atoms with van der Waals surface area (Å²) in [6.07, 6.45) is 4.20. The van der Waals surface area contributed by atoms with E-state index in [4.69, 9.17) is 5.26 Å². The van der Waals surface area contributed by atoms with Crippen molar-refractivity contribution in [3.63, 3.8) is 0 Å². The molecule has 1 aromatic heterocycles. The molecule has 0 spiro atoms. The molecule has 1 rings (SSSR count). The van der Waals surface area contributed by atoms with Crippen molar-refractivity contribution in [1.29, 1.82) is 5.26 Å². The lowest BCUT2D eigenvalue weighted by Crippen LogP contribution is -2.21. The zero-order valence-corrected chi connectivity index (χ0v) is 8.03. The third-order valence-electron chi connectivity index (χ3n) is 1.65. The second-order valence-electron chi connectivity index (χ2n) is 2.76. The monoisotopic (exact) mass is 199 g/mol. The molecule has 0 saturated heterocycles. The maximum absolute atomic E-state index is 11.5. The first-order valence-electron chi connectivity index (χ1n) is 4.15. The van der Waals surface area contributed by atoms with E-state index in [-0.39, 0.29) is 5.91 Å². The predicted octanol–water partition coefficient (Wildman–Crippen LogP) is 1.38. The summed E-state index contributed by atoms with van der Waals surface area (Å²) in [6, 6.07) is 3.36. The van der Waals surface area contributed by atoms with Crippen molar-refractivity contribution in [3.05, 3.63) is 54.5 Å².